The average Bonchev–Trinajstić information content (AvgIpc) is 3.18. The Morgan fingerprint density at radius 3 is 3.09 bits per heavy atom. The van der Waals surface area contributed by atoms with E-state index in [-0.39, 0.29) is 0 Å². The zero-order valence-electron chi connectivity index (χ0n) is 12.2. The number of nitrogens with zero attached hydrogens (tertiary/aromatic N) is 6. The van der Waals surface area contributed by atoms with E-state index in [0.29, 0.717) is 5.65 Å². The molecular weight excluding hydrogens is 278 g/mol. The molecule has 112 valence electrons. The van der Waals surface area contributed by atoms with Crippen LogP contribution in [0.5, 0.6) is 0 Å². The summed E-state index contributed by atoms with van der Waals surface area (Å²) >= 11 is 0. The van der Waals surface area contributed by atoms with Gasteiger partial charge in [0.2, 0.25) is 0 Å². The number of hydrogen-bond donors (Lipinski definition) is 1. The fraction of sp³-hybridized carbons (Fsp3) is 0.333. The number of benzene rings is 1. The van der Waals surface area contributed by atoms with E-state index in [1.807, 2.05) is 12.1 Å². The monoisotopic (exact) mass is 295 g/mol. The van der Waals surface area contributed by atoms with Crippen LogP contribution < -0.4 is 10.2 Å². The van der Waals surface area contributed by atoms with Crippen LogP contribution in [0.4, 0.5) is 11.5 Å². The maximum absolute atomic E-state index is 4.30. The third kappa shape index (κ3) is 2.45. The van der Waals surface area contributed by atoms with Gasteiger partial charge in [-0.25, -0.2) is 0 Å². The van der Waals surface area contributed by atoms with E-state index in [1.54, 1.807) is 0 Å². The van der Waals surface area contributed by atoms with Crippen LogP contribution in [0.15, 0.2) is 36.4 Å². The second kappa shape index (κ2) is 5.59. The van der Waals surface area contributed by atoms with Gasteiger partial charge in [-0.2, -0.15) is 0 Å². The Morgan fingerprint density at radius 1 is 1.14 bits per heavy atom. The lowest BCUT2D eigenvalue weighted by Gasteiger charge is -2.19. The van der Waals surface area contributed by atoms with E-state index in [4.69, 9.17) is 0 Å². The molecule has 7 heteroatoms. The minimum atomic E-state index is 0.652. The van der Waals surface area contributed by atoms with Gasteiger partial charge in [-0.05, 0) is 47.0 Å². The number of aromatic nitrogens is 5. The fourth-order valence-corrected chi connectivity index (χ4v) is 2.87. The molecule has 0 bridgehead atoms. The molecule has 0 amide bonds. The normalized spacial score (nSPS) is 13.5. The topological polar surface area (TPSA) is 71.2 Å². The van der Waals surface area contributed by atoms with Crippen molar-refractivity contribution in [1.29, 1.82) is 0 Å². The van der Waals surface area contributed by atoms with Gasteiger partial charge in [0, 0.05) is 25.3 Å². The summed E-state index contributed by atoms with van der Waals surface area (Å²) < 4.78 is 1.43. The van der Waals surface area contributed by atoms with Crippen LogP contribution >= 0.6 is 0 Å². The van der Waals surface area contributed by atoms with Crippen molar-refractivity contribution < 1.29 is 0 Å². The first kappa shape index (κ1) is 13.0. The van der Waals surface area contributed by atoms with E-state index in [1.165, 1.54) is 15.9 Å². The van der Waals surface area contributed by atoms with Crippen molar-refractivity contribution in [2.75, 3.05) is 29.9 Å². The smallest absolute Gasteiger partial charge is 0.200 e. The van der Waals surface area contributed by atoms with Crippen molar-refractivity contribution in [2.24, 2.45) is 0 Å². The Labute approximate surface area is 127 Å². The number of nitrogens with one attached hydrogen (secondary N) is 1. The van der Waals surface area contributed by atoms with E-state index >= 15 is 0 Å². The number of rotatable bonds is 5. The molecule has 0 spiro atoms. The lowest BCUT2D eigenvalue weighted by molar-refractivity contribution is 0.728. The molecule has 7 nitrogen and oxygen atoms in total. The first-order valence-electron chi connectivity index (χ1n) is 7.52. The van der Waals surface area contributed by atoms with Crippen molar-refractivity contribution in [3.05, 3.63) is 42.0 Å². The van der Waals surface area contributed by atoms with Gasteiger partial charge >= 0.3 is 0 Å². The summed E-state index contributed by atoms with van der Waals surface area (Å²) in [6.45, 7) is 3.05. The van der Waals surface area contributed by atoms with Gasteiger partial charge in [-0.3, -0.25) is 0 Å². The molecule has 3 aromatic rings. The number of anilines is 2. The van der Waals surface area contributed by atoms with E-state index < -0.39 is 0 Å². The average molecular weight is 295 g/mol. The lowest BCUT2D eigenvalue weighted by Crippen LogP contribution is -2.23. The van der Waals surface area contributed by atoms with E-state index in [0.717, 1.165) is 38.3 Å². The third-order valence-corrected chi connectivity index (χ3v) is 3.96. The molecule has 3 heterocycles. The number of fused-ring (bicyclic) bond motifs is 2. The van der Waals surface area contributed by atoms with Crippen molar-refractivity contribution in [3.8, 4) is 0 Å². The molecule has 0 radical (unpaired) electrons. The Hall–Kier alpha value is -2.70. The summed E-state index contributed by atoms with van der Waals surface area (Å²) in [5.74, 6) is 0.793. The molecule has 1 aliphatic rings. The predicted molar refractivity (Wildman–Crippen MR) is 84.0 cm³/mol. The van der Waals surface area contributed by atoms with Gasteiger partial charge in [0.05, 0.1) is 0 Å². The van der Waals surface area contributed by atoms with Crippen LogP contribution in [0, 0.1) is 0 Å². The molecule has 4 rings (SSSR count). The van der Waals surface area contributed by atoms with Crippen LogP contribution in [-0.4, -0.2) is 44.9 Å². The molecule has 2 aromatic heterocycles. The van der Waals surface area contributed by atoms with E-state index in [2.05, 4.69) is 55.1 Å². The van der Waals surface area contributed by atoms with Crippen LogP contribution in [0.3, 0.4) is 0 Å². The third-order valence-electron chi connectivity index (χ3n) is 3.96. The van der Waals surface area contributed by atoms with Gasteiger partial charge in [0.1, 0.15) is 5.82 Å². The van der Waals surface area contributed by atoms with Gasteiger partial charge in [0.25, 0.3) is 0 Å². The van der Waals surface area contributed by atoms with Crippen molar-refractivity contribution in [3.63, 3.8) is 0 Å². The number of hydrogen-bond acceptors (Lipinski definition) is 6. The van der Waals surface area contributed by atoms with Gasteiger partial charge in [-0.1, -0.05) is 18.2 Å². The van der Waals surface area contributed by atoms with Gasteiger partial charge < -0.3 is 10.2 Å². The maximum Gasteiger partial charge on any atom is 0.200 e. The molecule has 0 saturated heterocycles. The van der Waals surface area contributed by atoms with Crippen molar-refractivity contribution >= 4 is 17.2 Å². The first-order chi connectivity index (χ1) is 10.9. The van der Waals surface area contributed by atoms with Crippen LogP contribution in [-0.2, 0) is 6.42 Å². The Bertz CT molecular complexity index is 782. The Morgan fingerprint density at radius 2 is 2.09 bits per heavy atom. The largest absolute Gasteiger partial charge is 0.371 e. The zero-order valence-corrected chi connectivity index (χ0v) is 12.2. The quantitative estimate of drug-likeness (QED) is 0.717. The van der Waals surface area contributed by atoms with Gasteiger partial charge in [-0.15, -0.1) is 14.8 Å². The molecule has 0 atom stereocenters. The predicted octanol–water partition coefficient (Wildman–Crippen LogP) is 1.38. The molecular formula is C15H17N7. The molecule has 22 heavy (non-hydrogen) atoms. The highest BCUT2D eigenvalue weighted by Gasteiger charge is 2.17. The maximum atomic E-state index is 4.30. The molecule has 1 aliphatic heterocycles. The Balaban J connectivity index is 1.31. The lowest BCUT2D eigenvalue weighted by atomic mass is 10.2. The van der Waals surface area contributed by atoms with Crippen LogP contribution in [0.1, 0.15) is 12.0 Å². The summed E-state index contributed by atoms with van der Waals surface area (Å²) in [5, 5.41) is 18.8. The highest BCUT2D eigenvalue weighted by molar-refractivity contribution is 5.57. The summed E-state index contributed by atoms with van der Waals surface area (Å²) in [4.78, 5) is 2.45. The number of para-hydroxylation sites is 1. The highest BCUT2D eigenvalue weighted by Crippen LogP contribution is 2.27. The SMILES string of the molecule is c1ccc2c(c1)CCN2CCCNc1ccc2nnnn2n1. The standard InChI is InChI=1S/C15H17N7/c1-2-5-13-12(4-1)8-11-21(13)10-3-9-16-14-6-7-15-17-19-20-22(15)18-14/h1-2,4-7H,3,8-11H2,(H,16,18). The molecule has 1 aromatic carbocycles. The Kier molecular flexibility index (Phi) is 3.30. The summed E-state index contributed by atoms with van der Waals surface area (Å²) in [6, 6.07) is 12.4. The van der Waals surface area contributed by atoms with Gasteiger partial charge in [0.15, 0.2) is 5.65 Å². The summed E-state index contributed by atoms with van der Waals surface area (Å²) in [6.07, 6.45) is 2.21. The zero-order chi connectivity index (χ0) is 14.8. The minimum absolute atomic E-state index is 0.652. The summed E-state index contributed by atoms with van der Waals surface area (Å²) in [5.41, 5.74) is 3.50. The summed E-state index contributed by atoms with van der Waals surface area (Å²) in [7, 11) is 0. The number of tetrazole rings is 1. The van der Waals surface area contributed by atoms with Crippen LogP contribution in [0.25, 0.3) is 5.65 Å². The van der Waals surface area contributed by atoms with Crippen molar-refractivity contribution in [1.82, 2.24) is 25.3 Å². The fourth-order valence-electron chi connectivity index (χ4n) is 2.87. The van der Waals surface area contributed by atoms with Crippen molar-refractivity contribution in [2.45, 2.75) is 12.8 Å². The minimum Gasteiger partial charge on any atom is -0.371 e. The molecule has 0 saturated carbocycles. The van der Waals surface area contributed by atoms with Crippen LogP contribution in [0.2, 0.25) is 0 Å². The molecule has 0 fully saturated rings. The molecule has 1 N–H and O–H groups in total. The first-order valence-corrected chi connectivity index (χ1v) is 7.52. The second-order valence-electron chi connectivity index (χ2n) is 5.39. The van der Waals surface area contributed by atoms with E-state index in [9.17, 15) is 0 Å². The highest BCUT2D eigenvalue weighted by atomic mass is 15.6. The second-order valence-corrected chi connectivity index (χ2v) is 5.39. The molecule has 0 unspecified atom stereocenters. The molecule has 0 aliphatic carbocycles.